The van der Waals surface area contributed by atoms with E-state index in [1.165, 1.54) is 0 Å². The van der Waals surface area contributed by atoms with E-state index in [1.54, 1.807) is 20.8 Å². The van der Waals surface area contributed by atoms with Crippen molar-refractivity contribution in [2.75, 3.05) is 13.2 Å². The minimum atomic E-state index is -3.04. The maximum Gasteiger partial charge on any atom is 0.326 e. The molecule has 0 bridgehead atoms. The summed E-state index contributed by atoms with van der Waals surface area (Å²) in [6.45, 7) is 4.92. The fraction of sp³-hybridized carbons (Fsp3) is 0.750. The Hall–Kier alpha value is -1.53. The number of hydrogen-bond donors (Lipinski definition) is 1. The molecular formula is C12H17F2NO4. The molecule has 19 heavy (non-hydrogen) atoms. The van der Waals surface area contributed by atoms with E-state index in [2.05, 4.69) is 0 Å². The van der Waals surface area contributed by atoms with Gasteiger partial charge in [0, 0.05) is 6.42 Å². The largest absolute Gasteiger partial charge is 0.481 e. The Kier molecular flexibility index (Phi) is 3.10. The number of halogens is 2. The van der Waals surface area contributed by atoms with Gasteiger partial charge in [-0.15, -0.1) is 0 Å². The van der Waals surface area contributed by atoms with Gasteiger partial charge in [0.15, 0.2) is 12.4 Å². The number of aliphatic carboxylic acids is 1. The number of alkyl halides is 2. The molecule has 0 saturated carbocycles. The highest BCUT2D eigenvalue weighted by Gasteiger charge is 2.51. The number of nitrogens with zero attached hydrogens (tertiary/aromatic N) is 1. The van der Waals surface area contributed by atoms with Gasteiger partial charge in [0.1, 0.15) is 11.6 Å². The molecule has 0 aromatic rings. The predicted octanol–water partition coefficient (Wildman–Crippen LogP) is 1.79. The summed E-state index contributed by atoms with van der Waals surface area (Å²) in [4.78, 5) is 12.2. The van der Waals surface area contributed by atoms with Crippen LogP contribution in [0.5, 0.6) is 0 Å². The van der Waals surface area contributed by atoms with Crippen molar-refractivity contribution < 1.29 is 28.2 Å². The van der Waals surface area contributed by atoms with Gasteiger partial charge >= 0.3 is 5.97 Å². The normalized spacial score (nSPS) is 27.8. The average Bonchev–Trinajstić information content (AvgIpc) is 2.98. The van der Waals surface area contributed by atoms with Gasteiger partial charge in [0.2, 0.25) is 5.88 Å². The highest BCUT2D eigenvalue weighted by molar-refractivity contribution is 5.74. The quantitative estimate of drug-likeness (QED) is 0.629. The number of carboxylic acid groups (broad SMARTS) is 1. The summed E-state index contributed by atoms with van der Waals surface area (Å²) in [6, 6.07) is -1.29. The first-order valence-corrected chi connectivity index (χ1v) is 6.01. The SMILES string of the molecule is CC(C)(C)O/C(=C1\CO1)N1CC(F)(F)C[C@H]1C(=O)O. The van der Waals surface area contributed by atoms with E-state index in [9.17, 15) is 13.6 Å². The van der Waals surface area contributed by atoms with Crippen molar-refractivity contribution in [2.24, 2.45) is 0 Å². The maximum absolute atomic E-state index is 13.5. The molecule has 2 heterocycles. The molecule has 2 aliphatic rings. The second kappa shape index (κ2) is 4.25. The molecule has 0 amide bonds. The number of carboxylic acids is 1. The zero-order chi connectivity index (χ0) is 14.4. The molecule has 0 spiro atoms. The molecule has 2 saturated heterocycles. The van der Waals surface area contributed by atoms with E-state index in [0.717, 1.165) is 4.90 Å². The summed E-state index contributed by atoms with van der Waals surface area (Å²) in [5.41, 5.74) is -0.616. The number of likely N-dealkylation sites (tertiary alicyclic amines) is 1. The van der Waals surface area contributed by atoms with Crippen molar-refractivity contribution in [1.29, 1.82) is 0 Å². The van der Waals surface area contributed by atoms with Crippen molar-refractivity contribution in [3.63, 3.8) is 0 Å². The number of rotatable bonds is 3. The minimum absolute atomic E-state index is 0.122. The Morgan fingerprint density at radius 1 is 1.53 bits per heavy atom. The van der Waals surface area contributed by atoms with Gasteiger partial charge < -0.3 is 19.5 Å². The molecule has 2 fully saturated rings. The van der Waals surface area contributed by atoms with Crippen LogP contribution in [0.4, 0.5) is 8.78 Å². The summed E-state index contributed by atoms with van der Waals surface area (Å²) < 4.78 is 37.5. The lowest BCUT2D eigenvalue weighted by molar-refractivity contribution is -0.143. The zero-order valence-electron chi connectivity index (χ0n) is 11.1. The summed E-state index contributed by atoms with van der Waals surface area (Å²) in [6.07, 6.45) is -0.716. The molecule has 1 atom stereocenters. The third-order valence-electron chi connectivity index (χ3n) is 2.75. The second-order valence-electron chi connectivity index (χ2n) is 5.77. The molecular weight excluding hydrogens is 260 g/mol. The van der Waals surface area contributed by atoms with E-state index < -0.39 is 36.5 Å². The van der Waals surface area contributed by atoms with Crippen LogP contribution in [0.1, 0.15) is 27.2 Å². The van der Waals surface area contributed by atoms with Crippen LogP contribution in [-0.2, 0) is 14.3 Å². The Morgan fingerprint density at radius 2 is 2.11 bits per heavy atom. The Bertz CT molecular complexity index is 422. The molecule has 0 radical (unpaired) electrons. The van der Waals surface area contributed by atoms with Crippen LogP contribution in [-0.4, -0.2) is 46.7 Å². The lowest BCUT2D eigenvalue weighted by atomic mass is 10.2. The van der Waals surface area contributed by atoms with Crippen molar-refractivity contribution in [2.45, 2.75) is 44.8 Å². The number of epoxide rings is 1. The standard InChI is InChI=1S/C12H17F2NO4/c1-11(2,3)19-9(8-5-18-8)15-6-12(13,14)4-7(15)10(16)17/h7H,4-6H2,1-3H3,(H,16,17)/b9-8+/t7-/m0/s1. The molecule has 7 heteroatoms. The van der Waals surface area contributed by atoms with Crippen LogP contribution >= 0.6 is 0 Å². The predicted molar refractivity (Wildman–Crippen MR) is 61.5 cm³/mol. The molecule has 108 valence electrons. The van der Waals surface area contributed by atoms with Crippen LogP contribution in [0.15, 0.2) is 11.6 Å². The van der Waals surface area contributed by atoms with Gasteiger partial charge in [-0.1, -0.05) is 0 Å². The summed E-state index contributed by atoms with van der Waals surface area (Å²) >= 11 is 0. The molecule has 0 unspecified atom stereocenters. The molecule has 2 aliphatic heterocycles. The van der Waals surface area contributed by atoms with Gasteiger partial charge in [-0.2, -0.15) is 0 Å². The summed E-state index contributed by atoms with van der Waals surface area (Å²) in [5, 5.41) is 9.07. The molecule has 0 aromatic carbocycles. The molecule has 5 nitrogen and oxygen atoms in total. The number of ether oxygens (including phenoxy) is 2. The van der Waals surface area contributed by atoms with Crippen LogP contribution in [0.25, 0.3) is 0 Å². The van der Waals surface area contributed by atoms with E-state index in [1.807, 2.05) is 0 Å². The Balaban J connectivity index is 2.27. The van der Waals surface area contributed by atoms with Gasteiger partial charge in [-0.3, -0.25) is 0 Å². The van der Waals surface area contributed by atoms with Crippen LogP contribution < -0.4 is 0 Å². The van der Waals surface area contributed by atoms with E-state index in [-0.39, 0.29) is 5.88 Å². The topological polar surface area (TPSA) is 62.3 Å². The molecule has 2 rings (SSSR count). The lowest BCUT2D eigenvalue weighted by Crippen LogP contribution is -2.38. The number of hydrogen-bond acceptors (Lipinski definition) is 4. The van der Waals surface area contributed by atoms with Gasteiger partial charge in [0.25, 0.3) is 5.92 Å². The monoisotopic (exact) mass is 277 g/mol. The highest BCUT2D eigenvalue weighted by atomic mass is 19.3. The highest BCUT2D eigenvalue weighted by Crippen LogP contribution is 2.38. The van der Waals surface area contributed by atoms with E-state index in [4.69, 9.17) is 14.6 Å². The minimum Gasteiger partial charge on any atom is -0.481 e. The van der Waals surface area contributed by atoms with Crippen LogP contribution in [0.2, 0.25) is 0 Å². The second-order valence-corrected chi connectivity index (χ2v) is 5.77. The van der Waals surface area contributed by atoms with Crippen molar-refractivity contribution in [3.8, 4) is 0 Å². The van der Waals surface area contributed by atoms with Gasteiger partial charge in [-0.05, 0) is 20.8 Å². The first kappa shape index (κ1) is 13.9. The van der Waals surface area contributed by atoms with Crippen molar-refractivity contribution in [1.82, 2.24) is 4.90 Å². The average molecular weight is 277 g/mol. The maximum atomic E-state index is 13.5. The Morgan fingerprint density at radius 3 is 2.53 bits per heavy atom. The first-order chi connectivity index (χ1) is 8.59. The molecule has 0 aliphatic carbocycles. The van der Waals surface area contributed by atoms with Crippen LogP contribution in [0, 0.1) is 0 Å². The van der Waals surface area contributed by atoms with Crippen molar-refractivity contribution in [3.05, 3.63) is 11.6 Å². The molecule has 1 N–H and O–H groups in total. The first-order valence-electron chi connectivity index (χ1n) is 6.01. The summed E-state index contributed by atoms with van der Waals surface area (Å²) in [5.74, 6) is -3.77. The van der Waals surface area contributed by atoms with Gasteiger partial charge in [-0.25, -0.2) is 13.6 Å². The fourth-order valence-corrected chi connectivity index (χ4v) is 1.98. The fourth-order valence-electron chi connectivity index (χ4n) is 1.98. The zero-order valence-corrected chi connectivity index (χ0v) is 11.1. The Labute approximate surface area is 109 Å². The third-order valence-corrected chi connectivity index (χ3v) is 2.75. The smallest absolute Gasteiger partial charge is 0.326 e. The lowest BCUT2D eigenvalue weighted by Gasteiger charge is -2.30. The van der Waals surface area contributed by atoms with Gasteiger partial charge in [0.05, 0.1) is 6.54 Å². The van der Waals surface area contributed by atoms with E-state index in [0.29, 0.717) is 12.4 Å². The third kappa shape index (κ3) is 3.27. The van der Waals surface area contributed by atoms with Crippen molar-refractivity contribution >= 4 is 5.97 Å². The van der Waals surface area contributed by atoms with E-state index >= 15 is 0 Å². The number of carbonyl (C=O) groups is 1. The molecule has 0 aromatic heterocycles. The summed E-state index contributed by atoms with van der Waals surface area (Å²) in [7, 11) is 0. The van der Waals surface area contributed by atoms with Crippen LogP contribution in [0.3, 0.4) is 0 Å².